The Balaban J connectivity index is -0.000000107. The quantitative estimate of drug-likeness (QED) is 0.704. The van der Waals surface area contributed by atoms with Gasteiger partial charge in [-0.05, 0) is 12.8 Å². The third kappa shape index (κ3) is 12.6. The molecule has 2 nitrogen and oxygen atoms in total. The Morgan fingerprint density at radius 2 is 1.50 bits per heavy atom. The molecule has 2 heteroatoms. The Morgan fingerprint density at radius 3 is 1.75 bits per heavy atom. The zero-order valence-electron chi connectivity index (χ0n) is 6.26. The van der Waals surface area contributed by atoms with Crippen LogP contribution in [0, 0.1) is 0 Å². The lowest BCUT2D eigenvalue weighted by Crippen LogP contribution is -2.12. The molecule has 0 atom stereocenters. The van der Waals surface area contributed by atoms with Crippen molar-refractivity contribution in [2.45, 2.75) is 55.1 Å². The molecule has 12 heavy (non-hydrogen) atoms. The second-order valence-electron chi connectivity index (χ2n) is 2.03. The van der Waals surface area contributed by atoms with Crippen molar-refractivity contribution in [3.8, 4) is 0 Å². The number of hydrogen-bond donors (Lipinski definition) is 1. The Hall–Kier alpha value is -0.0800. The molecular weight excluding hydrogens is 152 g/mol. The Kier molecular flexibility index (Phi) is 32.4. The van der Waals surface area contributed by atoms with E-state index < -0.39 is 0 Å². The average Bonchev–Trinajstić information content (AvgIpc) is 1.91. The first-order valence-electron chi connectivity index (χ1n) is 3.57. The summed E-state index contributed by atoms with van der Waals surface area (Å²) in [6.07, 6.45) is 2.42. The number of ether oxygens (including phenoxy) is 1. The minimum absolute atomic E-state index is 0. The zero-order chi connectivity index (χ0) is 7.11. The molecule has 0 aliphatic carbocycles. The lowest BCUT2D eigenvalue weighted by atomic mass is 10.2. The molecule has 0 bridgehead atoms. The maximum atomic E-state index is 8.38. The zero-order valence-corrected chi connectivity index (χ0v) is 6.26. The Bertz CT molecular complexity index is 51.8. The van der Waals surface area contributed by atoms with Gasteiger partial charge in [-0.15, -0.1) is 0 Å². The molecule has 0 unspecified atom stereocenters. The Labute approximate surface area is 78.9 Å². The van der Waals surface area contributed by atoms with Crippen molar-refractivity contribution in [2.75, 3.05) is 13.2 Å². The van der Waals surface area contributed by atoms with Gasteiger partial charge < -0.3 is 9.84 Å². The minimum Gasteiger partial charge on any atom is -0.394 e. The molecule has 0 aromatic heterocycles. The largest absolute Gasteiger partial charge is 0.394 e. The number of aliphatic hydroxyl groups is 1. The Morgan fingerprint density at radius 1 is 1.08 bits per heavy atom. The fraction of sp³-hybridized carbons (Fsp3) is 1.00. The molecule has 0 amide bonds. The molecular formula is C10H28O2. The fourth-order valence-corrected chi connectivity index (χ4v) is 0.744. The highest BCUT2D eigenvalue weighted by molar-refractivity contribution is 4.49. The monoisotopic (exact) mass is 180 g/mol. The molecule has 0 saturated heterocycles. The van der Waals surface area contributed by atoms with E-state index in [1.807, 2.05) is 0 Å². The summed E-state index contributed by atoms with van der Waals surface area (Å²) in [5, 5.41) is 8.38. The van der Waals surface area contributed by atoms with Crippen LogP contribution in [0.1, 0.15) is 49.0 Å². The first-order chi connectivity index (χ1) is 4.35. The molecule has 0 saturated carbocycles. The molecule has 80 valence electrons. The number of hydrogen-bond acceptors (Lipinski definition) is 2. The summed E-state index contributed by atoms with van der Waals surface area (Å²) < 4.78 is 5.24. The molecule has 0 radical (unpaired) electrons. The third-order valence-corrected chi connectivity index (χ3v) is 1.36. The van der Waals surface area contributed by atoms with Gasteiger partial charge in [0.05, 0.1) is 19.3 Å². The van der Waals surface area contributed by atoms with Gasteiger partial charge >= 0.3 is 0 Å². The van der Waals surface area contributed by atoms with E-state index >= 15 is 0 Å². The molecule has 0 aliphatic heterocycles. The van der Waals surface area contributed by atoms with Crippen LogP contribution in [0.4, 0.5) is 0 Å². The van der Waals surface area contributed by atoms with Crippen LogP contribution in [0.3, 0.4) is 0 Å². The van der Waals surface area contributed by atoms with E-state index in [2.05, 4.69) is 13.8 Å². The molecule has 0 spiro atoms. The molecule has 1 N–H and O–H groups in total. The van der Waals surface area contributed by atoms with Crippen LogP contribution >= 0.6 is 0 Å². The molecule has 0 aromatic carbocycles. The van der Waals surface area contributed by atoms with Crippen molar-refractivity contribution in [1.29, 1.82) is 0 Å². The van der Waals surface area contributed by atoms with Crippen molar-refractivity contribution in [3.05, 3.63) is 0 Å². The molecule has 0 heterocycles. The molecule has 0 aliphatic rings. The van der Waals surface area contributed by atoms with Gasteiger partial charge in [-0.3, -0.25) is 0 Å². The third-order valence-electron chi connectivity index (χ3n) is 1.36. The summed E-state index contributed by atoms with van der Waals surface area (Å²) in [4.78, 5) is 0. The van der Waals surface area contributed by atoms with Gasteiger partial charge in [0.25, 0.3) is 0 Å². The van der Waals surface area contributed by atoms with Crippen molar-refractivity contribution in [2.24, 2.45) is 0 Å². The van der Waals surface area contributed by atoms with Crippen molar-refractivity contribution < 1.29 is 9.84 Å². The predicted octanol–water partition coefficient (Wildman–Crippen LogP) is 3.09. The van der Waals surface area contributed by atoms with Crippen LogP contribution in [0.5, 0.6) is 0 Å². The number of rotatable bonds is 5. The average molecular weight is 180 g/mol. The van der Waals surface area contributed by atoms with Crippen LogP contribution in [0.15, 0.2) is 0 Å². The minimum atomic E-state index is 0. The highest BCUT2D eigenvalue weighted by atomic mass is 16.5. The topological polar surface area (TPSA) is 29.5 Å². The molecule has 0 aromatic rings. The maximum absolute atomic E-state index is 8.38. The summed E-state index contributed by atoms with van der Waals surface area (Å²) in [6.45, 7) is 4.79. The van der Waals surface area contributed by atoms with Gasteiger partial charge in [0.15, 0.2) is 0 Å². The van der Waals surface area contributed by atoms with Gasteiger partial charge in [0, 0.05) is 0 Å². The van der Waals surface area contributed by atoms with Crippen molar-refractivity contribution >= 4 is 0 Å². The van der Waals surface area contributed by atoms with Crippen LogP contribution in [0.2, 0.25) is 0 Å². The maximum Gasteiger partial charge on any atom is 0.0701 e. The summed E-state index contributed by atoms with van der Waals surface area (Å²) in [5.74, 6) is 0. The van der Waals surface area contributed by atoms with E-state index in [-0.39, 0.29) is 28.9 Å². The van der Waals surface area contributed by atoms with Crippen LogP contribution in [-0.2, 0) is 4.74 Å². The summed E-state index contributed by atoms with van der Waals surface area (Å²) in [6, 6.07) is 0. The van der Waals surface area contributed by atoms with Gasteiger partial charge in [0.2, 0.25) is 0 Å². The van der Waals surface area contributed by atoms with Gasteiger partial charge in [0.1, 0.15) is 0 Å². The van der Waals surface area contributed by atoms with E-state index in [0.717, 1.165) is 12.8 Å². The predicted molar refractivity (Wildman–Crippen MR) is 57.6 cm³/mol. The van der Waals surface area contributed by atoms with E-state index in [4.69, 9.17) is 9.84 Å². The number of aliphatic hydroxyl groups excluding tert-OH is 1. The van der Waals surface area contributed by atoms with Gasteiger partial charge in [-0.25, -0.2) is 0 Å². The van der Waals surface area contributed by atoms with Crippen molar-refractivity contribution in [1.82, 2.24) is 0 Å². The van der Waals surface area contributed by atoms with E-state index in [1.54, 1.807) is 0 Å². The second kappa shape index (κ2) is 17.1. The standard InChI is InChI=1S/C7H16O2.3CH4/c1-3-7(4-2)9-6-5-8;;;/h7-8H,3-6H2,1-2H3;3*1H4. The van der Waals surface area contributed by atoms with Crippen LogP contribution < -0.4 is 0 Å². The van der Waals surface area contributed by atoms with Gasteiger partial charge in [-0.2, -0.15) is 0 Å². The summed E-state index contributed by atoms with van der Waals surface area (Å²) in [7, 11) is 0. The highest BCUT2D eigenvalue weighted by Crippen LogP contribution is 2.00. The first-order valence-corrected chi connectivity index (χ1v) is 3.57. The van der Waals surface area contributed by atoms with Crippen LogP contribution in [0.25, 0.3) is 0 Å². The molecule has 0 rings (SSSR count). The SMILES string of the molecule is C.C.C.CCC(CC)OCCO. The summed E-state index contributed by atoms with van der Waals surface area (Å²) >= 11 is 0. The first kappa shape index (κ1) is 22.7. The normalized spacial score (nSPS) is 8.00. The molecule has 0 fully saturated rings. The lowest BCUT2D eigenvalue weighted by molar-refractivity contribution is 0.0249. The lowest BCUT2D eigenvalue weighted by Gasteiger charge is -2.11. The summed E-state index contributed by atoms with van der Waals surface area (Å²) in [5.41, 5.74) is 0. The second-order valence-corrected chi connectivity index (χ2v) is 2.03. The van der Waals surface area contributed by atoms with Crippen molar-refractivity contribution in [3.63, 3.8) is 0 Å². The fourth-order valence-electron chi connectivity index (χ4n) is 0.744. The van der Waals surface area contributed by atoms with E-state index in [9.17, 15) is 0 Å². The smallest absolute Gasteiger partial charge is 0.0701 e. The highest BCUT2D eigenvalue weighted by Gasteiger charge is 2.00. The van der Waals surface area contributed by atoms with E-state index in [1.165, 1.54) is 0 Å². The van der Waals surface area contributed by atoms with Crippen LogP contribution in [-0.4, -0.2) is 24.4 Å². The van der Waals surface area contributed by atoms with E-state index in [0.29, 0.717) is 12.7 Å². The van der Waals surface area contributed by atoms with Gasteiger partial charge in [-0.1, -0.05) is 36.1 Å².